The highest BCUT2D eigenvalue weighted by Crippen LogP contribution is 2.34. The number of esters is 1. The van der Waals surface area contributed by atoms with Gasteiger partial charge in [0.1, 0.15) is 27.7 Å². The number of hydrogen-bond acceptors (Lipinski definition) is 6. The van der Waals surface area contributed by atoms with Gasteiger partial charge in [-0.2, -0.15) is 0 Å². The molecule has 4 aromatic rings. The molecule has 0 fully saturated rings. The van der Waals surface area contributed by atoms with Gasteiger partial charge >= 0.3 is 5.97 Å². The predicted molar refractivity (Wildman–Crippen MR) is 112 cm³/mol. The van der Waals surface area contributed by atoms with Crippen LogP contribution in [0.1, 0.15) is 20.8 Å². The topological polar surface area (TPSA) is 64.1 Å². The Bertz CT molecular complexity index is 1160. The van der Waals surface area contributed by atoms with Crippen molar-refractivity contribution in [1.82, 2.24) is 9.97 Å². The highest BCUT2D eigenvalue weighted by atomic mass is 32.1. The van der Waals surface area contributed by atoms with Crippen LogP contribution in [0.5, 0.6) is 0 Å². The molecule has 0 unspecified atom stereocenters. The van der Waals surface area contributed by atoms with Gasteiger partial charge in [-0.05, 0) is 36.2 Å². The molecule has 29 heavy (non-hydrogen) atoms. The summed E-state index contributed by atoms with van der Waals surface area (Å²) in [5.41, 5.74) is 2.43. The molecule has 0 aliphatic rings. The van der Waals surface area contributed by atoms with E-state index in [0.717, 1.165) is 16.5 Å². The molecule has 0 amide bonds. The highest BCUT2D eigenvalue weighted by Gasteiger charge is 2.20. The van der Waals surface area contributed by atoms with E-state index >= 15 is 0 Å². The molecule has 0 aliphatic heterocycles. The molecule has 0 radical (unpaired) electrons. The van der Waals surface area contributed by atoms with Gasteiger partial charge in [0.25, 0.3) is 0 Å². The predicted octanol–water partition coefficient (Wildman–Crippen LogP) is 5.28. The second-order valence-corrected chi connectivity index (χ2v) is 7.46. The number of thiophene rings is 1. The summed E-state index contributed by atoms with van der Waals surface area (Å²) in [6.45, 7) is 2.14. The Hall–Kier alpha value is -3.32. The molecule has 0 aliphatic carbocycles. The Balaban J connectivity index is 1.54. The largest absolute Gasteiger partial charge is 0.461 e. The SMILES string of the molecule is Cc1c(C(=O)OCCc2ccccc2)sc2ncnc(Nc3cccc(F)c3)c12. The third kappa shape index (κ3) is 4.25. The average molecular weight is 407 g/mol. The van der Waals surface area contributed by atoms with Crippen LogP contribution in [0.25, 0.3) is 10.2 Å². The number of ether oxygens (including phenoxy) is 1. The van der Waals surface area contributed by atoms with E-state index in [1.165, 1.54) is 29.8 Å². The summed E-state index contributed by atoms with van der Waals surface area (Å²) in [6, 6.07) is 16.0. The first-order valence-corrected chi connectivity index (χ1v) is 9.91. The third-order valence-electron chi connectivity index (χ3n) is 4.47. The summed E-state index contributed by atoms with van der Waals surface area (Å²) in [4.78, 5) is 22.3. The quantitative estimate of drug-likeness (QED) is 0.441. The standard InChI is InChI=1S/C22H18FN3O2S/c1-14-18-20(26-17-9-5-8-16(23)12-17)24-13-25-21(18)29-19(14)22(27)28-11-10-15-6-3-2-4-7-15/h2-9,12-13H,10-11H2,1H3,(H,24,25,26). The summed E-state index contributed by atoms with van der Waals surface area (Å²) in [7, 11) is 0. The maximum Gasteiger partial charge on any atom is 0.348 e. The normalized spacial score (nSPS) is 10.8. The fourth-order valence-corrected chi connectivity index (χ4v) is 4.08. The molecule has 5 nitrogen and oxygen atoms in total. The van der Waals surface area contributed by atoms with Crippen LogP contribution < -0.4 is 5.32 Å². The summed E-state index contributed by atoms with van der Waals surface area (Å²) in [5.74, 6) is -0.194. The lowest BCUT2D eigenvalue weighted by molar-refractivity contribution is 0.0514. The molecule has 0 saturated heterocycles. The molecule has 2 heterocycles. The molecule has 4 rings (SSSR count). The van der Waals surface area contributed by atoms with Gasteiger partial charge in [0, 0.05) is 12.1 Å². The summed E-state index contributed by atoms with van der Waals surface area (Å²) in [6.07, 6.45) is 2.08. The zero-order valence-corrected chi connectivity index (χ0v) is 16.5. The number of aromatic nitrogens is 2. The Labute approximate surface area is 171 Å². The fraction of sp³-hybridized carbons (Fsp3) is 0.136. The van der Waals surface area contributed by atoms with Crippen LogP contribution in [0.15, 0.2) is 60.9 Å². The van der Waals surface area contributed by atoms with Gasteiger partial charge in [-0.1, -0.05) is 36.4 Å². The Kier molecular flexibility index (Phi) is 5.48. The van der Waals surface area contributed by atoms with Gasteiger partial charge in [0.15, 0.2) is 0 Å². The van der Waals surface area contributed by atoms with Crippen molar-refractivity contribution in [3.05, 3.63) is 82.7 Å². The maximum atomic E-state index is 13.5. The third-order valence-corrected chi connectivity index (χ3v) is 5.65. The molecule has 146 valence electrons. The van der Waals surface area contributed by atoms with Crippen molar-refractivity contribution in [1.29, 1.82) is 0 Å². The maximum absolute atomic E-state index is 13.5. The van der Waals surface area contributed by atoms with E-state index in [0.29, 0.717) is 34.2 Å². The second-order valence-electron chi connectivity index (χ2n) is 6.47. The minimum atomic E-state index is -0.377. The number of carbonyl (C=O) groups is 1. The zero-order valence-electron chi connectivity index (χ0n) is 15.7. The lowest BCUT2D eigenvalue weighted by Gasteiger charge is -2.07. The fourth-order valence-electron chi connectivity index (χ4n) is 3.04. The number of rotatable bonds is 6. The molecule has 2 aromatic heterocycles. The van der Waals surface area contributed by atoms with E-state index in [9.17, 15) is 9.18 Å². The first kappa shape index (κ1) is 19.0. The first-order chi connectivity index (χ1) is 14.1. The van der Waals surface area contributed by atoms with E-state index in [4.69, 9.17) is 4.74 Å². The number of aryl methyl sites for hydroxylation is 1. The van der Waals surface area contributed by atoms with E-state index < -0.39 is 0 Å². The monoisotopic (exact) mass is 407 g/mol. The summed E-state index contributed by atoms with van der Waals surface area (Å²) >= 11 is 1.27. The number of nitrogens with zero attached hydrogens (tertiary/aromatic N) is 2. The van der Waals surface area contributed by atoms with E-state index in [-0.39, 0.29) is 11.8 Å². The number of benzene rings is 2. The molecule has 7 heteroatoms. The molecule has 0 atom stereocenters. The molecule has 0 bridgehead atoms. The molecule has 2 aromatic carbocycles. The smallest absolute Gasteiger partial charge is 0.348 e. The number of nitrogens with one attached hydrogen (secondary N) is 1. The minimum absolute atomic E-state index is 0.302. The van der Waals surface area contributed by atoms with Crippen LogP contribution in [0, 0.1) is 12.7 Å². The van der Waals surface area contributed by atoms with Crippen molar-refractivity contribution in [2.45, 2.75) is 13.3 Å². The van der Waals surface area contributed by atoms with Crippen molar-refractivity contribution in [2.24, 2.45) is 0 Å². The van der Waals surface area contributed by atoms with Crippen molar-refractivity contribution in [2.75, 3.05) is 11.9 Å². The highest BCUT2D eigenvalue weighted by molar-refractivity contribution is 7.20. The van der Waals surface area contributed by atoms with Crippen LogP contribution in [0.3, 0.4) is 0 Å². The molecular formula is C22H18FN3O2S. The van der Waals surface area contributed by atoms with Crippen LogP contribution in [-0.2, 0) is 11.2 Å². The van der Waals surface area contributed by atoms with Crippen LogP contribution in [0.4, 0.5) is 15.9 Å². The molecule has 1 N–H and O–H groups in total. The van der Waals surface area contributed by atoms with Crippen LogP contribution >= 0.6 is 11.3 Å². The lowest BCUT2D eigenvalue weighted by Crippen LogP contribution is -2.07. The van der Waals surface area contributed by atoms with Gasteiger partial charge in [0.05, 0.1) is 12.0 Å². The number of halogens is 1. The average Bonchev–Trinajstić information content (AvgIpc) is 3.06. The first-order valence-electron chi connectivity index (χ1n) is 9.09. The van der Waals surface area contributed by atoms with Gasteiger partial charge in [-0.15, -0.1) is 11.3 Å². The number of hydrogen-bond donors (Lipinski definition) is 1. The van der Waals surface area contributed by atoms with Gasteiger partial charge in [-0.25, -0.2) is 19.2 Å². The summed E-state index contributed by atoms with van der Waals surface area (Å²) in [5, 5.41) is 3.84. The summed E-state index contributed by atoms with van der Waals surface area (Å²) < 4.78 is 19.0. The second kappa shape index (κ2) is 8.36. The number of anilines is 2. The Morgan fingerprint density at radius 3 is 2.76 bits per heavy atom. The molecular weight excluding hydrogens is 389 g/mol. The Morgan fingerprint density at radius 2 is 1.97 bits per heavy atom. The van der Waals surface area contributed by atoms with E-state index in [1.807, 2.05) is 37.3 Å². The van der Waals surface area contributed by atoms with Crippen molar-refractivity contribution in [3.63, 3.8) is 0 Å². The minimum Gasteiger partial charge on any atom is -0.461 e. The molecule has 0 spiro atoms. The zero-order chi connectivity index (χ0) is 20.2. The molecule has 0 saturated carbocycles. The Morgan fingerprint density at radius 1 is 1.14 bits per heavy atom. The van der Waals surface area contributed by atoms with Gasteiger partial charge < -0.3 is 10.1 Å². The van der Waals surface area contributed by atoms with Crippen LogP contribution in [0.2, 0.25) is 0 Å². The number of fused-ring (bicyclic) bond motifs is 1. The number of carbonyl (C=O) groups excluding carboxylic acids is 1. The van der Waals surface area contributed by atoms with Crippen LogP contribution in [-0.4, -0.2) is 22.5 Å². The lowest BCUT2D eigenvalue weighted by atomic mass is 10.2. The van der Waals surface area contributed by atoms with E-state index in [1.54, 1.807) is 12.1 Å². The van der Waals surface area contributed by atoms with Gasteiger partial charge in [-0.3, -0.25) is 0 Å². The van der Waals surface area contributed by atoms with Crippen molar-refractivity contribution >= 4 is 39.0 Å². The van der Waals surface area contributed by atoms with E-state index in [2.05, 4.69) is 15.3 Å². The van der Waals surface area contributed by atoms with Crippen molar-refractivity contribution < 1.29 is 13.9 Å². The van der Waals surface area contributed by atoms with Gasteiger partial charge in [0.2, 0.25) is 0 Å². The van der Waals surface area contributed by atoms with Crippen molar-refractivity contribution in [3.8, 4) is 0 Å².